The molecule has 0 bridgehead atoms. The van der Waals surface area contributed by atoms with Crippen molar-refractivity contribution < 1.29 is 19.4 Å². The Labute approximate surface area is 124 Å². The molecule has 21 heavy (non-hydrogen) atoms. The number of aromatic carboxylic acids is 1. The fourth-order valence-electron chi connectivity index (χ4n) is 1.89. The molecule has 6 nitrogen and oxygen atoms in total. The third-order valence-corrected chi connectivity index (χ3v) is 3.05. The van der Waals surface area contributed by atoms with Gasteiger partial charge in [0.2, 0.25) is 5.91 Å². The highest BCUT2D eigenvalue weighted by Gasteiger charge is 2.10. The van der Waals surface area contributed by atoms with Crippen molar-refractivity contribution in [2.45, 2.75) is 13.8 Å². The van der Waals surface area contributed by atoms with Gasteiger partial charge in [-0.2, -0.15) is 0 Å². The second kappa shape index (κ2) is 8.97. The number of rotatable bonds is 9. The molecule has 0 unspecified atom stereocenters. The molecule has 2 N–H and O–H groups in total. The zero-order chi connectivity index (χ0) is 15.7. The van der Waals surface area contributed by atoms with Gasteiger partial charge in [-0.15, -0.1) is 0 Å². The summed E-state index contributed by atoms with van der Waals surface area (Å²) >= 11 is 0. The maximum absolute atomic E-state index is 11.7. The van der Waals surface area contributed by atoms with Crippen LogP contribution in [0.1, 0.15) is 24.2 Å². The molecule has 0 aliphatic rings. The number of amides is 1. The molecule has 1 amide bonds. The van der Waals surface area contributed by atoms with Crippen LogP contribution < -0.4 is 10.1 Å². The fourth-order valence-corrected chi connectivity index (χ4v) is 1.89. The van der Waals surface area contributed by atoms with Crippen LogP contribution in [0.25, 0.3) is 0 Å². The lowest BCUT2D eigenvalue weighted by atomic mass is 10.2. The van der Waals surface area contributed by atoms with Gasteiger partial charge in [0, 0.05) is 19.6 Å². The lowest BCUT2D eigenvalue weighted by Gasteiger charge is -2.18. The molecule has 1 rings (SSSR count). The molecule has 1 aromatic rings. The van der Waals surface area contributed by atoms with Crippen LogP contribution in [0.2, 0.25) is 0 Å². The monoisotopic (exact) mass is 294 g/mol. The minimum atomic E-state index is -1.02. The third-order valence-electron chi connectivity index (χ3n) is 3.05. The molecule has 0 fully saturated rings. The Morgan fingerprint density at radius 1 is 1.24 bits per heavy atom. The van der Waals surface area contributed by atoms with Crippen LogP contribution in [-0.4, -0.2) is 54.7 Å². The molecule has 0 atom stereocenters. The molecule has 0 spiro atoms. The van der Waals surface area contributed by atoms with Gasteiger partial charge in [-0.1, -0.05) is 12.1 Å². The standard InChI is InChI=1S/C15H22N2O4/c1-3-17(4-2)14(18)11-16-9-10-21-13-8-6-5-7-12(13)15(19)20/h5-8,16H,3-4,9-11H2,1-2H3,(H,19,20). The smallest absolute Gasteiger partial charge is 0.339 e. The molecule has 0 aliphatic heterocycles. The van der Waals surface area contributed by atoms with Gasteiger partial charge >= 0.3 is 5.97 Å². The first-order chi connectivity index (χ1) is 10.1. The van der Waals surface area contributed by atoms with Gasteiger partial charge in [0.1, 0.15) is 17.9 Å². The Morgan fingerprint density at radius 2 is 1.90 bits per heavy atom. The van der Waals surface area contributed by atoms with Gasteiger partial charge in [-0.3, -0.25) is 4.79 Å². The van der Waals surface area contributed by atoms with E-state index in [0.717, 1.165) is 0 Å². The second-order valence-corrected chi connectivity index (χ2v) is 4.39. The van der Waals surface area contributed by atoms with Crippen molar-refractivity contribution in [1.29, 1.82) is 0 Å². The van der Waals surface area contributed by atoms with Crippen LogP contribution in [0, 0.1) is 0 Å². The van der Waals surface area contributed by atoms with Gasteiger partial charge in [0.05, 0.1) is 6.54 Å². The largest absolute Gasteiger partial charge is 0.491 e. The average Bonchev–Trinajstić information content (AvgIpc) is 2.48. The Balaban J connectivity index is 2.32. The molecule has 0 aliphatic carbocycles. The molecule has 116 valence electrons. The van der Waals surface area contributed by atoms with Gasteiger partial charge in [-0.25, -0.2) is 4.79 Å². The van der Waals surface area contributed by atoms with Crippen LogP contribution in [0.15, 0.2) is 24.3 Å². The van der Waals surface area contributed by atoms with Crippen LogP contribution >= 0.6 is 0 Å². The number of carboxylic acids is 1. The number of para-hydroxylation sites is 1. The number of hydrogen-bond acceptors (Lipinski definition) is 4. The summed E-state index contributed by atoms with van der Waals surface area (Å²) in [5.41, 5.74) is 0.136. The van der Waals surface area contributed by atoms with Gasteiger partial charge in [0.25, 0.3) is 0 Å². The summed E-state index contributed by atoms with van der Waals surface area (Å²) < 4.78 is 5.43. The highest BCUT2D eigenvalue weighted by atomic mass is 16.5. The predicted octanol–water partition coefficient (Wildman–Crippen LogP) is 1.22. The third kappa shape index (κ3) is 5.43. The maximum atomic E-state index is 11.7. The van der Waals surface area contributed by atoms with E-state index in [4.69, 9.17) is 9.84 Å². The predicted molar refractivity (Wildman–Crippen MR) is 79.7 cm³/mol. The number of ether oxygens (including phenoxy) is 1. The topological polar surface area (TPSA) is 78.9 Å². The normalized spacial score (nSPS) is 10.2. The van der Waals surface area contributed by atoms with Gasteiger partial charge in [0.15, 0.2) is 0 Å². The maximum Gasteiger partial charge on any atom is 0.339 e. The first-order valence-electron chi connectivity index (χ1n) is 7.03. The van der Waals surface area contributed by atoms with Crippen LogP contribution in [0.3, 0.4) is 0 Å². The molecule has 0 aromatic heterocycles. The van der Waals surface area contributed by atoms with E-state index in [0.29, 0.717) is 32.0 Å². The number of nitrogens with one attached hydrogen (secondary N) is 1. The van der Waals surface area contributed by atoms with Crippen molar-refractivity contribution >= 4 is 11.9 Å². The zero-order valence-electron chi connectivity index (χ0n) is 12.5. The number of carboxylic acid groups (broad SMARTS) is 1. The summed E-state index contributed by atoms with van der Waals surface area (Å²) in [6.07, 6.45) is 0. The van der Waals surface area contributed by atoms with E-state index < -0.39 is 5.97 Å². The Bertz CT molecular complexity index is 472. The summed E-state index contributed by atoms with van der Waals surface area (Å²) in [4.78, 5) is 24.5. The number of nitrogens with zero attached hydrogens (tertiary/aromatic N) is 1. The van der Waals surface area contributed by atoms with Gasteiger partial charge < -0.3 is 20.1 Å². The summed E-state index contributed by atoms with van der Waals surface area (Å²) in [6, 6.07) is 6.48. The Kier molecular flexibility index (Phi) is 7.25. The molecule has 0 saturated heterocycles. The molecule has 0 saturated carbocycles. The molecule has 1 aromatic carbocycles. The van der Waals surface area contributed by atoms with E-state index in [-0.39, 0.29) is 18.0 Å². The van der Waals surface area contributed by atoms with Crippen LogP contribution in [-0.2, 0) is 4.79 Å². The number of likely N-dealkylation sites (N-methyl/N-ethyl adjacent to an activating group) is 1. The lowest BCUT2D eigenvalue weighted by Crippen LogP contribution is -2.39. The van der Waals surface area contributed by atoms with Crippen molar-refractivity contribution in [2.75, 3.05) is 32.8 Å². The van der Waals surface area contributed by atoms with E-state index in [9.17, 15) is 9.59 Å². The molecular formula is C15H22N2O4. The van der Waals surface area contributed by atoms with E-state index >= 15 is 0 Å². The van der Waals surface area contributed by atoms with Crippen molar-refractivity contribution in [2.24, 2.45) is 0 Å². The number of hydrogen-bond donors (Lipinski definition) is 2. The number of carbonyl (C=O) groups excluding carboxylic acids is 1. The van der Waals surface area contributed by atoms with Gasteiger partial charge in [-0.05, 0) is 26.0 Å². The number of benzene rings is 1. The quantitative estimate of drug-likeness (QED) is 0.670. The summed E-state index contributed by atoms with van der Waals surface area (Å²) in [5.74, 6) is -0.636. The molecule has 6 heteroatoms. The van der Waals surface area contributed by atoms with Crippen molar-refractivity contribution in [3.05, 3.63) is 29.8 Å². The Morgan fingerprint density at radius 3 is 2.52 bits per heavy atom. The summed E-state index contributed by atoms with van der Waals surface area (Å²) in [5, 5.41) is 12.0. The zero-order valence-corrected chi connectivity index (χ0v) is 12.5. The van der Waals surface area contributed by atoms with E-state index in [1.165, 1.54) is 6.07 Å². The first-order valence-corrected chi connectivity index (χ1v) is 7.03. The average molecular weight is 294 g/mol. The van der Waals surface area contributed by atoms with E-state index in [2.05, 4.69) is 5.32 Å². The van der Waals surface area contributed by atoms with E-state index in [1.54, 1.807) is 23.1 Å². The SMILES string of the molecule is CCN(CC)C(=O)CNCCOc1ccccc1C(=O)O. The highest BCUT2D eigenvalue weighted by molar-refractivity contribution is 5.90. The Hall–Kier alpha value is -2.08. The summed E-state index contributed by atoms with van der Waals surface area (Å²) in [6.45, 7) is 6.29. The molecule has 0 radical (unpaired) electrons. The fraction of sp³-hybridized carbons (Fsp3) is 0.467. The van der Waals surface area contributed by atoms with Crippen molar-refractivity contribution in [3.8, 4) is 5.75 Å². The first kappa shape index (κ1) is 17.0. The molecular weight excluding hydrogens is 272 g/mol. The van der Waals surface area contributed by atoms with Crippen molar-refractivity contribution in [1.82, 2.24) is 10.2 Å². The second-order valence-electron chi connectivity index (χ2n) is 4.39. The minimum Gasteiger partial charge on any atom is -0.491 e. The van der Waals surface area contributed by atoms with Crippen molar-refractivity contribution in [3.63, 3.8) is 0 Å². The minimum absolute atomic E-state index is 0.0472. The highest BCUT2D eigenvalue weighted by Crippen LogP contribution is 2.17. The van der Waals surface area contributed by atoms with Crippen LogP contribution in [0.5, 0.6) is 5.75 Å². The van der Waals surface area contributed by atoms with Crippen LogP contribution in [0.4, 0.5) is 0 Å². The van der Waals surface area contributed by atoms with E-state index in [1.807, 2.05) is 13.8 Å². The lowest BCUT2D eigenvalue weighted by molar-refractivity contribution is -0.129. The molecule has 0 heterocycles. The summed E-state index contributed by atoms with van der Waals surface area (Å²) in [7, 11) is 0. The number of carbonyl (C=O) groups is 2.